The molecule has 0 aliphatic rings. The van der Waals surface area contributed by atoms with Crippen LogP contribution in [-0.2, 0) is 6.54 Å². The summed E-state index contributed by atoms with van der Waals surface area (Å²) >= 11 is 9.59. The fourth-order valence-electron chi connectivity index (χ4n) is 2.34. The summed E-state index contributed by atoms with van der Waals surface area (Å²) in [6.45, 7) is 0.357. The molecule has 0 fully saturated rings. The molecular formula is C15H10BrClN2O2. The maximum Gasteiger partial charge on any atom is 0.275 e. The number of fused-ring (bicyclic) bond motifs is 1. The zero-order valence-corrected chi connectivity index (χ0v) is 13.1. The average Bonchev–Trinajstić information content (AvgIpc) is 2.83. The Balaban J connectivity index is 2.11. The smallest absolute Gasteiger partial charge is 0.275 e. The Morgan fingerprint density at radius 1 is 1.24 bits per heavy atom. The van der Waals surface area contributed by atoms with Crippen LogP contribution in [0, 0.1) is 10.1 Å². The van der Waals surface area contributed by atoms with Crippen LogP contribution in [0.15, 0.2) is 53.1 Å². The van der Waals surface area contributed by atoms with Crippen LogP contribution in [0.1, 0.15) is 5.56 Å². The predicted octanol–water partition coefficient (Wildman–Crippen LogP) is 5.01. The van der Waals surface area contributed by atoms with Gasteiger partial charge in [-0.1, -0.05) is 39.7 Å². The van der Waals surface area contributed by atoms with Gasteiger partial charge >= 0.3 is 0 Å². The highest BCUT2D eigenvalue weighted by Crippen LogP contribution is 2.29. The quantitative estimate of drug-likeness (QED) is 0.483. The second kappa shape index (κ2) is 5.50. The van der Waals surface area contributed by atoms with Gasteiger partial charge < -0.3 is 4.57 Å². The fourth-order valence-corrected chi connectivity index (χ4v) is 2.92. The molecule has 3 aromatic rings. The van der Waals surface area contributed by atoms with E-state index in [-0.39, 0.29) is 5.69 Å². The van der Waals surface area contributed by atoms with Gasteiger partial charge in [-0.2, -0.15) is 0 Å². The number of nitro groups is 1. The lowest BCUT2D eigenvalue weighted by molar-refractivity contribution is -0.385. The van der Waals surface area contributed by atoms with Gasteiger partial charge in [0.2, 0.25) is 0 Å². The van der Waals surface area contributed by atoms with E-state index in [9.17, 15) is 10.1 Å². The molecule has 0 unspecified atom stereocenters. The first-order chi connectivity index (χ1) is 10.1. The zero-order chi connectivity index (χ0) is 15.0. The van der Waals surface area contributed by atoms with Crippen LogP contribution in [0.25, 0.3) is 10.9 Å². The van der Waals surface area contributed by atoms with Crippen molar-refractivity contribution in [1.29, 1.82) is 0 Å². The zero-order valence-electron chi connectivity index (χ0n) is 10.8. The van der Waals surface area contributed by atoms with Gasteiger partial charge in [0.05, 0.1) is 22.1 Å². The molecule has 0 spiro atoms. The van der Waals surface area contributed by atoms with Gasteiger partial charge in [0.25, 0.3) is 5.69 Å². The van der Waals surface area contributed by atoms with Crippen molar-refractivity contribution in [2.45, 2.75) is 6.54 Å². The SMILES string of the molecule is O=[N+]([O-])c1cccc(Cl)c1Cn1ccc2ccc(Br)cc21. The first-order valence-electron chi connectivity index (χ1n) is 6.22. The van der Waals surface area contributed by atoms with Crippen molar-refractivity contribution in [3.05, 3.63) is 73.8 Å². The Morgan fingerprint density at radius 2 is 2.05 bits per heavy atom. The minimum atomic E-state index is -0.400. The molecule has 2 aromatic carbocycles. The van der Waals surface area contributed by atoms with Crippen molar-refractivity contribution in [1.82, 2.24) is 4.57 Å². The average molecular weight is 366 g/mol. The number of rotatable bonds is 3. The molecular weight excluding hydrogens is 356 g/mol. The summed E-state index contributed by atoms with van der Waals surface area (Å²) in [4.78, 5) is 10.8. The molecule has 6 heteroatoms. The van der Waals surface area contributed by atoms with E-state index in [1.165, 1.54) is 6.07 Å². The third kappa shape index (κ3) is 2.66. The maximum atomic E-state index is 11.2. The van der Waals surface area contributed by atoms with Gasteiger partial charge in [0.1, 0.15) is 0 Å². The van der Waals surface area contributed by atoms with E-state index in [1.54, 1.807) is 12.1 Å². The largest absolute Gasteiger partial charge is 0.343 e. The lowest BCUT2D eigenvalue weighted by Crippen LogP contribution is -2.03. The van der Waals surface area contributed by atoms with Gasteiger partial charge in [-0.25, -0.2) is 0 Å². The molecule has 106 valence electrons. The summed E-state index contributed by atoms with van der Waals surface area (Å²) in [6, 6.07) is 12.7. The van der Waals surface area contributed by atoms with Crippen LogP contribution in [0.2, 0.25) is 5.02 Å². The lowest BCUT2D eigenvalue weighted by atomic mass is 10.1. The first-order valence-corrected chi connectivity index (χ1v) is 7.39. The Morgan fingerprint density at radius 3 is 2.81 bits per heavy atom. The highest BCUT2D eigenvalue weighted by Gasteiger charge is 2.17. The number of halogens is 2. The summed E-state index contributed by atoms with van der Waals surface area (Å²) in [6.07, 6.45) is 1.91. The van der Waals surface area contributed by atoms with Gasteiger partial charge in [-0.15, -0.1) is 0 Å². The van der Waals surface area contributed by atoms with Crippen LogP contribution in [0.5, 0.6) is 0 Å². The molecule has 0 aliphatic carbocycles. The number of benzene rings is 2. The molecule has 0 saturated carbocycles. The van der Waals surface area contributed by atoms with Crippen molar-refractivity contribution in [2.24, 2.45) is 0 Å². The van der Waals surface area contributed by atoms with Crippen LogP contribution in [-0.4, -0.2) is 9.49 Å². The molecule has 0 radical (unpaired) electrons. The monoisotopic (exact) mass is 364 g/mol. The second-order valence-corrected chi connectivity index (χ2v) is 5.96. The molecule has 0 saturated heterocycles. The molecule has 0 aliphatic heterocycles. The summed E-state index contributed by atoms with van der Waals surface area (Å²) < 4.78 is 2.91. The van der Waals surface area contributed by atoms with Crippen molar-refractivity contribution in [3.8, 4) is 0 Å². The molecule has 0 bridgehead atoms. The molecule has 3 rings (SSSR count). The molecule has 0 N–H and O–H groups in total. The lowest BCUT2D eigenvalue weighted by Gasteiger charge is -2.08. The highest BCUT2D eigenvalue weighted by molar-refractivity contribution is 9.10. The van der Waals surface area contributed by atoms with Crippen LogP contribution >= 0.6 is 27.5 Å². The Bertz CT molecular complexity index is 845. The second-order valence-electron chi connectivity index (χ2n) is 4.64. The summed E-state index contributed by atoms with van der Waals surface area (Å²) in [5.41, 5.74) is 1.56. The van der Waals surface area contributed by atoms with Crippen molar-refractivity contribution >= 4 is 44.1 Å². The van der Waals surface area contributed by atoms with E-state index < -0.39 is 4.92 Å². The van der Waals surface area contributed by atoms with Crippen LogP contribution < -0.4 is 0 Å². The Hall–Kier alpha value is -1.85. The van der Waals surface area contributed by atoms with E-state index in [0.717, 1.165) is 15.4 Å². The normalized spacial score (nSPS) is 11.0. The summed E-state index contributed by atoms with van der Waals surface area (Å²) in [7, 11) is 0. The standard InChI is InChI=1S/C15H10BrClN2O2/c16-11-5-4-10-6-7-18(15(10)8-11)9-12-13(17)2-1-3-14(12)19(20)21/h1-8H,9H2. The van der Waals surface area contributed by atoms with E-state index >= 15 is 0 Å². The number of hydrogen-bond donors (Lipinski definition) is 0. The predicted molar refractivity (Wildman–Crippen MR) is 86.8 cm³/mol. The number of nitrogens with zero attached hydrogens (tertiary/aromatic N) is 2. The molecule has 1 aromatic heterocycles. The number of aromatic nitrogens is 1. The van der Waals surface area contributed by atoms with Crippen molar-refractivity contribution < 1.29 is 4.92 Å². The minimum Gasteiger partial charge on any atom is -0.343 e. The molecule has 1 heterocycles. The molecule has 0 atom stereocenters. The third-order valence-corrected chi connectivity index (χ3v) is 4.20. The summed E-state index contributed by atoms with van der Waals surface area (Å²) in [5.74, 6) is 0. The van der Waals surface area contributed by atoms with E-state index in [1.807, 2.05) is 35.0 Å². The van der Waals surface area contributed by atoms with Crippen LogP contribution in [0.4, 0.5) is 5.69 Å². The van der Waals surface area contributed by atoms with Gasteiger partial charge in [0, 0.05) is 22.3 Å². The van der Waals surface area contributed by atoms with E-state index in [0.29, 0.717) is 17.1 Å². The molecule has 4 nitrogen and oxygen atoms in total. The fraction of sp³-hybridized carbons (Fsp3) is 0.0667. The van der Waals surface area contributed by atoms with Crippen molar-refractivity contribution in [2.75, 3.05) is 0 Å². The highest BCUT2D eigenvalue weighted by atomic mass is 79.9. The van der Waals surface area contributed by atoms with Crippen molar-refractivity contribution in [3.63, 3.8) is 0 Å². The Kier molecular flexibility index (Phi) is 3.69. The van der Waals surface area contributed by atoms with Gasteiger partial charge in [-0.05, 0) is 29.7 Å². The van der Waals surface area contributed by atoms with E-state index in [2.05, 4.69) is 15.9 Å². The third-order valence-electron chi connectivity index (χ3n) is 3.36. The Labute approximate surface area is 134 Å². The maximum absolute atomic E-state index is 11.2. The first kappa shape index (κ1) is 14.1. The molecule has 21 heavy (non-hydrogen) atoms. The van der Waals surface area contributed by atoms with Gasteiger partial charge in [-0.3, -0.25) is 10.1 Å². The van der Waals surface area contributed by atoms with Gasteiger partial charge in [0.15, 0.2) is 0 Å². The summed E-state index contributed by atoms with van der Waals surface area (Å²) in [5, 5.41) is 12.6. The van der Waals surface area contributed by atoms with Crippen LogP contribution in [0.3, 0.4) is 0 Å². The number of hydrogen-bond acceptors (Lipinski definition) is 2. The van der Waals surface area contributed by atoms with E-state index in [4.69, 9.17) is 11.6 Å². The molecule has 0 amide bonds. The number of nitro benzene ring substituents is 1. The minimum absolute atomic E-state index is 0.0411. The topological polar surface area (TPSA) is 48.1 Å².